The SMILES string of the molecule is CCCc1nc(Br)cc(N2CC(O)C2)n1. The van der Waals surface area contributed by atoms with Crippen LogP contribution in [-0.4, -0.2) is 34.3 Å². The summed E-state index contributed by atoms with van der Waals surface area (Å²) in [5, 5.41) is 9.22. The number of halogens is 1. The molecule has 1 aromatic rings. The van der Waals surface area contributed by atoms with Crippen molar-refractivity contribution < 1.29 is 5.11 Å². The Hall–Kier alpha value is -0.680. The van der Waals surface area contributed by atoms with Crippen LogP contribution in [0.5, 0.6) is 0 Å². The van der Waals surface area contributed by atoms with Crippen LogP contribution in [0.2, 0.25) is 0 Å². The van der Waals surface area contributed by atoms with Crippen LogP contribution in [-0.2, 0) is 6.42 Å². The molecule has 0 amide bonds. The van der Waals surface area contributed by atoms with Crippen molar-refractivity contribution in [3.05, 3.63) is 16.5 Å². The molecule has 2 rings (SSSR count). The Labute approximate surface area is 97.5 Å². The maximum Gasteiger partial charge on any atom is 0.133 e. The monoisotopic (exact) mass is 271 g/mol. The summed E-state index contributed by atoms with van der Waals surface area (Å²) in [5.74, 6) is 1.77. The zero-order valence-corrected chi connectivity index (χ0v) is 10.2. The van der Waals surface area contributed by atoms with Crippen LogP contribution < -0.4 is 4.90 Å². The Morgan fingerprint density at radius 1 is 1.53 bits per heavy atom. The Bertz CT molecular complexity index is 353. The van der Waals surface area contributed by atoms with E-state index in [1.54, 1.807) is 0 Å². The smallest absolute Gasteiger partial charge is 0.133 e. The number of aryl methyl sites for hydroxylation is 1. The fourth-order valence-electron chi connectivity index (χ4n) is 1.59. The third-order valence-corrected chi connectivity index (χ3v) is 2.79. The molecule has 0 bridgehead atoms. The van der Waals surface area contributed by atoms with Gasteiger partial charge >= 0.3 is 0 Å². The first-order valence-electron chi connectivity index (χ1n) is 5.15. The van der Waals surface area contributed by atoms with Crippen LogP contribution in [0.4, 0.5) is 5.82 Å². The molecule has 1 aliphatic rings. The van der Waals surface area contributed by atoms with Crippen molar-refractivity contribution in [2.75, 3.05) is 18.0 Å². The molecule has 15 heavy (non-hydrogen) atoms. The van der Waals surface area contributed by atoms with E-state index in [0.717, 1.165) is 29.1 Å². The van der Waals surface area contributed by atoms with Crippen LogP contribution in [0, 0.1) is 0 Å². The molecule has 0 unspecified atom stereocenters. The minimum absolute atomic E-state index is 0.201. The van der Waals surface area contributed by atoms with E-state index in [0.29, 0.717) is 13.1 Å². The van der Waals surface area contributed by atoms with Crippen molar-refractivity contribution in [1.82, 2.24) is 9.97 Å². The van der Waals surface area contributed by atoms with Gasteiger partial charge in [0.25, 0.3) is 0 Å². The number of hydrogen-bond acceptors (Lipinski definition) is 4. The summed E-state index contributed by atoms with van der Waals surface area (Å²) >= 11 is 3.38. The molecule has 1 N–H and O–H groups in total. The number of anilines is 1. The van der Waals surface area contributed by atoms with Gasteiger partial charge in [0, 0.05) is 25.6 Å². The number of aromatic nitrogens is 2. The number of nitrogens with zero attached hydrogens (tertiary/aromatic N) is 3. The molecule has 1 aromatic heterocycles. The van der Waals surface area contributed by atoms with E-state index in [1.165, 1.54) is 0 Å². The lowest BCUT2D eigenvalue weighted by Crippen LogP contribution is -2.51. The molecule has 5 heteroatoms. The highest BCUT2D eigenvalue weighted by molar-refractivity contribution is 9.10. The molecule has 1 fully saturated rings. The number of aliphatic hydroxyl groups excluding tert-OH is 1. The molecule has 4 nitrogen and oxygen atoms in total. The third kappa shape index (κ3) is 2.46. The Morgan fingerprint density at radius 3 is 2.87 bits per heavy atom. The van der Waals surface area contributed by atoms with Gasteiger partial charge in [0.05, 0.1) is 6.10 Å². The summed E-state index contributed by atoms with van der Waals surface area (Å²) in [4.78, 5) is 10.8. The van der Waals surface area contributed by atoms with Crippen LogP contribution >= 0.6 is 15.9 Å². The van der Waals surface area contributed by atoms with Crippen LogP contribution in [0.15, 0.2) is 10.7 Å². The van der Waals surface area contributed by atoms with E-state index in [9.17, 15) is 5.11 Å². The lowest BCUT2D eigenvalue weighted by atomic mass is 10.2. The Balaban J connectivity index is 2.16. The second-order valence-corrected chi connectivity index (χ2v) is 4.59. The quantitative estimate of drug-likeness (QED) is 0.844. The Morgan fingerprint density at radius 2 is 2.27 bits per heavy atom. The zero-order chi connectivity index (χ0) is 10.8. The fraction of sp³-hybridized carbons (Fsp3) is 0.600. The van der Waals surface area contributed by atoms with Gasteiger partial charge in [-0.2, -0.15) is 0 Å². The first-order valence-corrected chi connectivity index (χ1v) is 5.95. The van der Waals surface area contributed by atoms with E-state index in [1.807, 2.05) is 6.07 Å². The van der Waals surface area contributed by atoms with Crippen molar-refractivity contribution in [3.63, 3.8) is 0 Å². The van der Waals surface area contributed by atoms with E-state index in [-0.39, 0.29) is 6.10 Å². The van der Waals surface area contributed by atoms with Crippen LogP contribution in [0.25, 0.3) is 0 Å². The molecule has 0 radical (unpaired) electrons. The molecular formula is C10H14BrN3O. The highest BCUT2D eigenvalue weighted by atomic mass is 79.9. The molecule has 1 saturated heterocycles. The molecule has 82 valence electrons. The van der Waals surface area contributed by atoms with Gasteiger partial charge in [-0.25, -0.2) is 9.97 Å². The maximum atomic E-state index is 9.22. The van der Waals surface area contributed by atoms with Gasteiger partial charge in [-0.3, -0.25) is 0 Å². The van der Waals surface area contributed by atoms with E-state index < -0.39 is 0 Å². The van der Waals surface area contributed by atoms with Gasteiger partial charge in [0.15, 0.2) is 0 Å². The van der Waals surface area contributed by atoms with Gasteiger partial charge in [0.1, 0.15) is 16.2 Å². The minimum Gasteiger partial charge on any atom is -0.389 e. The lowest BCUT2D eigenvalue weighted by Gasteiger charge is -2.36. The maximum absolute atomic E-state index is 9.22. The standard InChI is InChI=1S/C10H14BrN3O/c1-2-3-9-12-8(11)4-10(13-9)14-5-7(15)6-14/h4,7,15H,2-3,5-6H2,1H3. The number of rotatable bonds is 3. The summed E-state index contributed by atoms with van der Waals surface area (Å²) in [6, 6.07) is 1.89. The van der Waals surface area contributed by atoms with Gasteiger partial charge in [-0.05, 0) is 22.4 Å². The zero-order valence-electron chi connectivity index (χ0n) is 8.65. The van der Waals surface area contributed by atoms with Crippen molar-refractivity contribution in [1.29, 1.82) is 0 Å². The van der Waals surface area contributed by atoms with Crippen LogP contribution in [0.3, 0.4) is 0 Å². The fourth-order valence-corrected chi connectivity index (χ4v) is 2.00. The normalized spacial score (nSPS) is 16.6. The van der Waals surface area contributed by atoms with E-state index >= 15 is 0 Å². The molecule has 0 atom stereocenters. The summed E-state index contributed by atoms with van der Waals surface area (Å²) < 4.78 is 0.817. The molecule has 0 aliphatic carbocycles. The van der Waals surface area contributed by atoms with Crippen molar-refractivity contribution in [2.24, 2.45) is 0 Å². The summed E-state index contributed by atoms with van der Waals surface area (Å²) in [6.45, 7) is 3.46. The van der Waals surface area contributed by atoms with Crippen molar-refractivity contribution in [3.8, 4) is 0 Å². The summed E-state index contributed by atoms with van der Waals surface area (Å²) in [7, 11) is 0. The number of aliphatic hydroxyl groups is 1. The highest BCUT2D eigenvalue weighted by Crippen LogP contribution is 2.21. The molecule has 0 aromatic carbocycles. The molecule has 0 spiro atoms. The molecule has 2 heterocycles. The second-order valence-electron chi connectivity index (χ2n) is 3.77. The van der Waals surface area contributed by atoms with Gasteiger partial charge < -0.3 is 10.0 Å². The highest BCUT2D eigenvalue weighted by Gasteiger charge is 2.25. The molecule has 1 aliphatic heterocycles. The average Bonchev–Trinajstić information content (AvgIpc) is 2.12. The van der Waals surface area contributed by atoms with Crippen molar-refractivity contribution >= 4 is 21.7 Å². The average molecular weight is 272 g/mol. The van der Waals surface area contributed by atoms with E-state index in [2.05, 4.69) is 37.7 Å². The minimum atomic E-state index is -0.201. The summed E-state index contributed by atoms with van der Waals surface area (Å²) in [6.07, 6.45) is 1.73. The second kappa shape index (κ2) is 4.45. The van der Waals surface area contributed by atoms with Gasteiger partial charge in [0.2, 0.25) is 0 Å². The predicted octanol–water partition coefficient (Wildman–Crippen LogP) is 1.37. The lowest BCUT2D eigenvalue weighted by molar-refractivity contribution is 0.141. The molecule has 0 saturated carbocycles. The van der Waals surface area contributed by atoms with Crippen LogP contribution in [0.1, 0.15) is 19.2 Å². The largest absolute Gasteiger partial charge is 0.389 e. The van der Waals surface area contributed by atoms with E-state index in [4.69, 9.17) is 0 Å². The topological polar surface area (TPSA) is 49.2 Å². The Kier molecular flexibility index (Phi) is 3.21. The van der Waals surface area contributed by atoms with Gasteiger partial charge in [-0.1, -0.05) is 6.92 Å². The number of β-amino-alcohol motifs (C(OH)–C–C–N with tert-alkyl or cyclic N) is 1. The van der Waals surface area contributed by atoms with Crippen molar-refractivity contribution in [2.45, 2.75) is 25.9 Å². The summed E-state index contributed by atoms with van der Waals surface area (Å²) in [5.41, 5.74) is 0. The third-order valence-electron chi connectivity index (χ3n) is 2.39. The van der Waals surface area contributed by atoms with Gasteiger partial charge in [-0.15, -0.1) is 0 Å². The number of hydrogen-bond donors (Lipinski definition) is 1. The first kappa shape index (κ1) is 10.8. The first-order chi connectivity index (χ1) is 7.19. The predicted molar refractivity (Wildman–Crippen MR) is 61.9 cm³/mol. The molecular weight excluding hydrogens is 258 g/mol.